The zero-order valence-electron chi connectivity index (χ0n) is 14.5. The number of hydroxylamine groups is 1. The first-order chi connectivity index (χ1) is 12.8. The van der Waals surface area contributed by atoms with Crippen LogP contribution < -0.4 is 10.2 Å². The molecule has 3 N–H and O–H groups in total. The number of amides is 2. The van der Waals surface area contributed by atoms with Crippen molar-refractivity contribution < 1.29 is 33.1 Å². The van der Waals surface area contributed by atoms with Gasteiger partial charge in [0, 0.05) is 19.6 Å². The van der Waals surface area contributed by atoms with Crippen molar-refractivity contribution in [1.82, 2.24) is 14.7 Å². The van der Waals surface area contributed by atoms with Gasteiger partial charge in [0.05, 0.1) is 4.90 Å². The Morgan fingerprint density at radius 3 is 2.52 bits per heavy atom. The molecule has 0 spiro atoms. The molecule has 10 nitrogen and oxygen atoms in total. The van der Waals surface area contributed by atoms with E-state index < -0.39 is 34.6 Å². The van der Waals surface area contributed by atoms with Crippen molar-refractivity contribution in [3.8, 4) is 17.6 Å². The summed E-state index contributed by atoms with van der Waals surface area (Å²) in [6.07, 6.45) is -1.28. The molecule has 1 aromatic carbocycles. The topological polar surface area (TPSA) is 136 Å². The Kier molecular flexibility index (Phi) is 6.62. The normalized spacial score (nSPS) is 17.6. The quantitative estimate of drug-likeness (QED) is 0.360. The van der Waals surface area contributed by atoms with Crippen LogP contribution in [0.3, 0.4) is 0 Å². The Morgan fingerprint density at radius 1 is 1.30 bits per heavy atom. The highest BCUT2D eigenvalue weighted by Gasteiger charge is 2.41. The molecule has 1 aliphatic rings. The van der Waals surface area contributed by atoms with Crippen LogP contribution in [0.25, 0.3) is 0 Å². The van der Waals surface area contributed by atoms with Crippen LogP contribution in [0.15, 0.2) is 29.2 Å². The smallest absolute Gasteiger partial charge is 0.407 e. The fraction of sp³-hybridized carbons (Fsp3) is 0.375. The lowest BCUT2D eigenvalue weighted by atomic mass is 10.2. The molecule has 0 aliphatic carbocycles. The maximum Gasteiger partial charge on any atom is 0.407 e. The summed E-state index contributed by atoms with van der Waals surface area (Å²) in [5.41, 5.74) is 1.39. The van der Waals surface area contributed by atoms with E-state index in [1.165, 1.54) is 29.7 Å². The van der Waals surface area contributed by atoms with Crippen LogP contribution in [0.4, 0.5) is 4.79 Å². The molecule has 2 rings (SSSR count). The molecular weight excluding hydrogens is 378 g/mol. The molecule has 0 aromatic heterocycles. The highest BCUT2D eigenvalue weighted by atomic mass is 32.2. The molecule has 0 saturated carbocycles. The Balaban J connectivity index is 2.25. The average molecular weight is 397 g/mol. The zero-order chi connectivity index (χ0) is 20.0. The molecule has 1 aromatic rings. The highest BCUT2D eigenvalue weighted by Crippen LogP contribution is 2.24. The van der Waals surface area contributed by atoms with Crippen LogP contribution >= 0.6 is 0 Å². The lowest BCUT2D eigenvalue weighted by Crippen LogP contribution is -2.61. The largest absolute Gasteiger partial charge is 0.481 e. The highest BCUT2D eigenvalue weighted by molar-refractivity contribution is 7.89. The zero-order valence-corrected chi connectivity index (χ0v) is 15.3. The third kappa shape index (κ3) is 4.68. The van der Waals surface area contributed by atoms with E-state index >= 15 is 0 Å². The van der Waals surface area contributed by atoms with Gasteiger partial charge in [0.15, 0.2) is 0 Å². The molecule has 0 bridgehead atoms. The fourth-order valence-electron chi connectivity index (χ4n) is 2.55. The number of piperazine rings is 1. The predicted molar refractivity (Wildman–Crippen MR) is 92.6 cm³/mol. The second-order valence-corrected chi connectivity index (χ2v) is 7.41. The number of carboxylic acid groups (broad SMARTS) is 1. The fourth-order valence-corrected chi connectivity index (χ4v) is 4.12. The van der Waals surface area contributed by atoms with Crippen LogP contribution in [-0.2, 0) is 14.8 Å². The van der Waals surface area contributed by atoms with E-state index in [4.69, 9.17) is 15.1 Å². The number of hydrogen-bond acceptors (Lipinski definition) is 6. The van der Waals surface area contributed by atoms with Gasteiger partial charge in [-0.3, -0.25) is 10.0 Å². The number of rotatable bonds is 5. The lowest BCUT2D eigenvalue weighted by Gasteiger charge is -2.37. The Morgan fingerprint density at radius 2 is 1.96 bits per heavy atom. The SMILES string of the molecule is CC#CCOc1ccc(S(=O)(=O)N2CCN(C(=O)O)CC2C(=O)NO)cc1. The first-order valence-corrected chi connectivity index (χ1v) is 9.31. The molecule has 1 aliphatic heterocycles. The van der Waals surface area contributed by atoms with Gasteiger partial charge in [-0.25, -0.2) is 18.7 Å². The third-order valence-corrected chi connectivity index (χ3v) is 5.86. The van der Waals surface area contributed by atoms with Gasteiger partial charge in [-0.05, 0) is 31.2 Å². The average Bonchev–Trinajstić information content (AvgIpc) is 2.67. The van der Waals surface area contributed by atoms with Crippen LogP contribution in [0, 0.1) is 11.8 Å². The van der Waals surface area contributed by atoms with Gasteiger partial charge in [-0.2, -0.15) is 4.31 Å². The summed E-state index contributed by atoms with van der Waals surface area (Å²) in [7, 11) is -4.10. The minimum Gasteiger partial charge on any atom is -0.481 e. The Bertz CT molecular complexity index is 858. The van der Waals surface area contributed by atoms with Crippen molar-refractivity contribution in [2.24, 2.45) is 0 Å². The van der Waals surface area contributed by atoms with E-state index in [0.717, 1.165) is 9.21 Å². The molecule has 1 heterocycles. The maximum absolute atomic E-state index is 12.9. The standard InChI is InChI=1S/C16H19N3O7S/c1-2-3-10-26-12-4-6-13(7-5-12)27(24,25)19-9-8-18(16(21)22)11-14(19)15(20)17-23/h4-7,14,23H,8-11H2,1H3,(H,17,20)(H,21,22). The van der Waals surface area contributed by atoms with Crippen molar-refractivity contribution in [1.29, 1.82) is 0 Å². The first-order valence-electron chi connectivity index (χ1n) is 7.87. The number of nitrogens with one attached hydrogen (secondary N) is 1. The monoisotopic (exact) mass is 397 g/mol. The number of sulfonamides is 1. The molecule has 1 fully saturated rings. The number of carbonyl (C=O) groups excluding carboxylic acids is 1. The maximum atomic E-state index is 12.9. The number of nitrogens with zero attached hydrogens (tertiary/aromatic N) is 2. The lowest BCUT2D eigenvalue weighted by molar-refractivity contribution is -0.134. The number of benzene rings is 1. The van der Waals surface area contributed by atoms with Crippen molar-refractivity contribution in [2.45, 2.75) is 17.9 Å². The number of hydrogen-bond donors (Lipinski definition) is 3. The van der Waals surface area contributed by atoms with Crippen LogP contribution in [-0.4, -0.2) is 72.2 Å². The van der Waals surface area contributed by atoms with E-state index in [1.54, 1.807) is 6.92 Å². The van der Waals surface area contributed by atoms with Crippen LogP contribution in [0.2, 0.25) is 0 Å². The molecule has 2 amide bonds. The second kappa shape index (κ2) is 8.72. The van der Waals surface area contributed by atoms with Gasteiger partial charge >= 0.3 is 6.09 Å². The molecule has 1 atom stereocenters. The van der Waals surface area contributed by atoms with Gasteiger partial charge in [0.25, 0.3) is 5.91 Å². The molecule has 11 heteroatoms. The van der Waals surface area contributed by atoms with Crippen molar-refractivity contribution >= 4 is 22.0 Å². The van der Waals surface area contributed by atoms with E-state index in [2.05, 4.69) is 11.8 Å². The summed E-state index contributed by atoms with van der Waals surface area (Å²) in [6.45, 7) is 1.12. The summed E-state index contributed by atoms with van der Waals surface area (Å²) < 4.78 is 32.0. The Labute approximate surface area is 156 Å². The molecule has 0 radical (unpaired) electrons. The first kappa shape index (κ1) is 20.5. The summed E-state index contributed by atoms with van der Waals surface area (Å²) in [6, 6.07) is 4.17. The minimum absolute atomic E-state index is 0.0871. The predicted octanol–water partition coefficient (Wildman–Crippen LogP) is -0.0530. The van der Waals surface area contributed by atoms with E-state index in [-0.39, 0.29) is 24.6 Å². The summed E-state index contributed by atoms with van der Waals surface area (Å²) in [5.74, 6) is 4.80. The van der Waals surface area contributed by atoms with Gasteiger partial charge in [-0.1, -0.05) is 5.92 Å². The summed E-state index contributed by atoms with van der Waals surface area (Å²) in [5, 5.41) is 18.0. The van der Waals surface area contributed by atoms with Crippen LogP contribution in [0.5, 0.6) is 5.75 Å². The van der Waals surface area contributed by atoms with Crippen molar-refractivity contribution in [3.63, 3.8) is 0 Å². The summed E-state index contributed by atoms with van der Waals surface area (Å²) in [4.78, 5) is 23.9. The van der Waals surface area contributed by atoms with E-state index in [9.17, 15) is 18.0 Å². The number of carbonyl (C=O) groups is 2. The molecule has 1 unspecified atom stereocenters. The second-order valence-electron chi connectivity index (χ2n) is 5.52. The van der Waals surface area contributed by atoms with E-state index in [1.807, 2.05) is 0 Å². The summed E-state index contributed by atoms with van der Waals surface area (Å²) >= 11 is 0. The Hall–Kier alpha value is -2.81. The van der Waals surface area contributed by atoms with Gasteiger partial charge in [0.2, 0.25) is 10.0 Å². The van der Waals surface area contributed by atoms with Crippen molar-refractivity contribution in [2.75, 3.05) is 26.2 Å². The molecule has 1 saturated heterocycles. The van der Waals surface area contributed by atoms with Crippen molar-refractivity contribution in [3.05, 3.63) is 24.3 Å². The van der Waals surface area contributed by atoms with Gasteiger partial charge in [-0.15, -0.1) is 5.92 Å². The van der Waals surface area contributed by atoms with Crippen LogP contribution in [0.1, 0.15) is 6.92 Å². The van der Waals surface area contributed by atoms with Gasteiger partial charge < -0.3 is 14.7 Å². The molecular formula is C16H19N3O7S. The third-order valence-electron chi connectivity index (χ3n) is 3.93. The molecule has 146 valence electrons. The number of ether oxygens (including phenoxy) is 1. The van der Waals surface area contributed by atoms with Gasteiger partial charge in [0.1, 0.15) is 18.4 Å². The molecule has 27 heavy (non-hydrogen) atoms. The minimum atomic E-state index is -4.10. The van der Waals surface area contributed by atoms with E-state index in [0.29, 0.717) is 5.75 Å².